The molecule has 1 atom stereocenters. The molecule has 0 radical (unpaired) electrons. The molecule has 1 aliphatic rings. The predicted octanol–water partition coefficient (Wildman–Crippen LogP) is 5.15. The van der Waals surface area contributed by atoms with Gasteiger partial charge in [-0.3, -0.25) is 0 Å². The van der Waals surface area contributed by atoms with Crippen LogP contribution in [0.4, 0.5) is 0 Å². The first-order valence-corrected chi connectivity index (χ1v) is 8.46. The number of halogens is 2. The highest BCUT2D eigenvalue weighted by atomic mass is 79.9. The van der Waals surface area contributed by atoms with Gasteiger partial charge in [-0.15, -0.1) is 0 Å². The van der Waals surface area contributed by atoms with Crippen LogP contribution in [-0.4, -0.2) is 15.7 Å². The molecule has 0 aromatic carbocycles. The molecule has 0 bridgehead atoms. The van der Waals surface area contributed by atoms with Crippen LogP contribution < -0.4 is 0 Å². The summed E-state index contributed by atoms with van der Waals surface area (Å²) in [4.78, 5) is 9.22. The summed E-state index contributed by atoms with van der Waals surface area (Å²) in [5.74, 6) is 2.10. The number of aromatic nitrogens is 2. The summed E-state index contributed by atoms with van der Waals surface area (Å²) >= 11 is 11.7. The molecule has 1 unspecified atom stereocenters. The molecule has 1 aliphatic heterocycles. The summed E-state index contributed by atoms with van der Waals surface area (Å²) in [5.41, 5.74) is 0.975. The van der Waals surface area contributed by atoms with Crippen LogP contribution in [-0.2, 0) is 5.41 Å². The second kappa shape index (κ2) is 5.68. The van der Waals surface area contributed by atoms with E-state index < -0.39 is 0 Å². The zero-order valence-corrected chi connectivity index (χ0v) is 14.1. The van der Waals surface area contributed by atoms with Crippen molar-refractivity contribution >= 4 is 39.3 Å². The summed E-state index contributed by atoms with van der Waals surface area (Å²) in [6.45, 7) is 6.44. The average molecular weight is 350 g/mol. The van der Waals surface area contributed by atoms with Gasteiger partial charge in [0.15, 0.2) is 0 Å². The van der Waals surface area contributed by atoms with Gasteiger partial charge in [0.05, 0.1) is 15.4 Å². The fraction of sp³-hybridized carbons (Fsp3) is 0.692. The molecular formula is C13H18BrClN2S. The number of hydrogen-bond acceptors (Lipinski definition) is 3. The quantitative estimate of drug-likeness (QED) is 0.656. The second-order valence-corrected chi connectivity index (χ2v) is 8.10. The third-order valence-electron chi connectivity index (χ3n) is 3.01. The van der Waals surface area contributed by atoms with Gasteiger partial charge in [0.1, 0.15) is 11.0 Å². The molecule has 1 aromatic rings. The summed E-state index contributed by atoms with van der Waals surface area (Å²) in [6.07, 6.45) is 3.73. The maximum absolute atomic E-state index is 6.24. The van der Waals surface area contributed by atoms with Gasteiger partial charge >= 0.3 is 0 Å². The maximum Gasteiger partial charge on any atom is 0.147 e. The summed E-state index contributed by atoms with van der Waals surface area (Å²) < 4.78 is 0.834. The van der Waals surface area contributed by atoms with Gasteiger partial charge in [0.2, 0.25) is 0 Å². The molecule has 1 fully saturated rings. The predicted molar refractivity (Wildman–Crippen MR) is 82.5 cm³/mol. The Hall–Kier alpha value is 0.200. The first-order chi connectivity index (χ1) is 8.39. The smallest absolute Gasteiger partial charge is 0.147 e. The molecule has 18 heavy (non-hydrogen) atoms. The Morgan fingerprint density at radius 2 is 2.00 bits per heavy atom. The molecule has 2 heterocycles. The van der Waals surface area contributed by atoms with Crippen LogP contribution in [0.25, 0.3) is 0 Å². The van der Waals surface area contributed by atoms with Gasteiger partial charge in [-0.25, -0.2) is 9.97 Å². The Balaban J connectivity index is 2.40. The first-order valence-electron chi connectivity index (χ1n) is 6.24. The maximum atomic E-state index is 6.24. The molecule has 100 valence electrons. The first kappa shape index (κ1) is 14.6. The van der Waals surface area contributed by atoms with Crippen molar-refractivity contribution in [1.82, 2.24) is 9.97 Å². The van der Waals surface area contributed by atoms with Crippen LogP contribution in [0, 0.1) is 0 Å². The Kier molecular flexibility index (Phi) is 4.61. The van der Waals surface area contributed by atoms with Crippen molar-refractivity contribution in [3.63, 3.8) is 0 Å². The molecule has 1 saturated heterocycles. The van der Waals surface area contributed by atoms with Crippen molar-refractivity contribution in [2.45, 2.75) is 50.7 Å². The van der Waals surface area contributed by atoms with E-state index in [4.69, 9.17) is 16.6 Å². The largest absolute Gasteiger partial charge is 0.235 e. The monoisotopic (exact) mass is 348 g/mol. The van der Waals surface area contributed by atoms with Crippen LogP contribution in [0.5, 0.6) is 0 Å². The van der Waals surface area contributed by atoms with Crippen LogP contribution in [0.2, 0.25) is 5.15 Å². The molecule has 0 amide bonds. The van der Waals surface area contributed by atoms with E-state index in [1.54, 1.807) is 0 Å². The minimum atomic E-state index is -0.0283. The van der Waals surface area contributed by atoms with Gasteiger partial charge in [0.25, 0.3) is 0 Å². The van der Waals surface area contributed by atoms with Crippen molar-refractivity contribution in [2.75, 3.05) is 5.75 Å². The summed E-state index contributed by atoms with van der Waals surface area (Å²) in [7, 11) is 0. The fourth-order valence-electron chi connectivity index (χ4n) is 2.02. The highest BCUT2D eigenvalue weighted by molar-refractivity contribution is 9.10. The van der Waals surface area contributed by atoms with Gasteiger partial charge in [-0.2, -0.15) is 11.8 Å². The van der Waals surface area contributed by atoms with Crippen molar-refractivity contribution in [2.24, 2.45) is 0 Å². The van der Waals surface area contributed by atoms with Gasteiger partial charge in [-0.1, -0.05) is 38.8 Å². The van der Waals surface area contributed by atoms with Crippen LogP contribution in [0.3, 0.4) is 0 Å². The second-order valence-electron chi connectivity index (χ2n) is 5.64. The SMILES string of the molecule is CC(C)(C)c1nc(C2CCCCS2)nc(Cl)c1Br. The van der Waals surface area contributed by atoms with Crippen molar-refractivity contribution in [1.29, 1.82) is 0 Å². The molecular weight excluding hydrogens is 332 g/mol. The van der Waals surface area contributed by atoms with E-state index in [1.165, 1.54) is 18.6 Å². The molecule has 2 rings (SSSR count). The number of nitrogens with zero attached hydrogens (tertiary/aromatic N) is 2. The lowest BCUT2D eigenvalue weighted by Gasteiger charge is -2.24. The van der Waals surface area contributed by atoms with E-state index in [2.05, 4.69) is 41.7 Å². The molecule has 0 aliphatic carbocycles. The van der Waals surface area contributed by atoms with Gasteiger partial charge in [-0.05, 0) is 34.5 Å². The molecule has 0 saturated carbocycles. The molecule has 1 aromatic heterocycles. The third kappa shape index (κ3) is 3.20. The minimum absolute atomic E-state index is 0.0283. The Bertz CT molecular complexity index is 439. The lowest BCUT2D eigenvalue weighted by molar-refractivity contribution is 0.553. The van der Waals surface area contributed by atoms with Gasteiger partial charge in [0, 0.05) is 5.41 Å². The molecule has 5 heteroatoms. The van der Waals surface area contributed by atoms with Gasteiger partial charge < -0.3 is 0 Å². The van der Waals surface area contributed by atoms with E-state index in [0.29, 0.717) is 10.4 Å². The zero-order chi connectivity index (χ0) is 13.3. The Morgan fingerprint density at radius 1 is 1.28 bits per heavy atom. The lowest BCUT2D eigenvalue weighted by Crippen LogP contribution is -2.18. The molecule has 0 spiro atoms. The highest BCUT2D eigenvalue weighted by Gasteiger charge is 2.26. The van der Waals surface area contributed by atoms with Crippen molar-refractivity contribution < 1.29 is 0 Å². The summed E-state index contributed by atoms with van der Waals surface area (Å²) in [6, 6.07) is 0. The third-order valence-corrected chi connectivity index (χ3v) is 5.63. The number of hydrogen-bond donors (Lipinski definition) is 0. The standard InChI is InChI=1S/C13H18BrClN2S/c1-13(2,3)10-9(14)11(15)17-12(16-10)8-6-4-5-7-18-8/h8H,4-7H2,1-3H3. The van der Waals surface area contributed by atoms with Crippen LogP contribution >= 0.6 is 39.3 Å². The topological polar surface area (TPSA) is 25.8 Å². The van der Waals surface area contributed by atoms with E-state index in [1.807, 2.05) is 11.8 Å². The average Bonchev–Trinajstić information content (AvgIpc) is 2.32. The fourth-order valence-corrected chi connectivity index (χ4v) is 4.21. The van der Waals surface area contributed by atoms with E-state index in [-0.39, 0.29) is 5.41 Å². The van der Waals surface area contributed by atoms with Crippen molar-refractivity contribution in [3.8, 4) is 0 Å². The molecule has 2 nitrogen and oxygen atoms in total. The van der Waals surface area contributed by atoms with E-state index in [9.17, 15) is 0 Å². The Morgan fingerprint density at radius 3 is 2.56 bits per heavy atom. The van der Waals surface area contributed by atoms with Crippen LogP contribution in [0.15, 0.2) is 4.47 Å². The van der Waals surface area contributed by atoms with Crippen LogP contribution in [0.1, 0.15) is 56.8 Å². The number of rotatable bonds is 1. The molecule has 0 N–H and O–H groups in total. The highest BCUT2D eigenvalue weighted by Crippen LogP contribution is 2.39. The van der Waals surface area contributed by atoms with E-state index >= 15 is 0 Å². The van der Waals surface area contributed by atoms with Crippen molar-refractivity contribution in [3.05, 3.63) is 21.1 Å². The minimum Gasteiger partial charge on any atom is -0.235 e. The Labute approximate surface area is 126 Å². The van der Waals surface area contributed by atoms with E-state index in [0.717, 1.165) is 22.4 Å². The normalized spacial score (nSPS) is 21.1. The lowest BCUT2D eigenvalue weighted by atomic mass is 9.92. The zero-order valence-electron chi connectivity index (χ0n) is 11.0. The summed E-state index contributed by atoms with van der Waals surface area (Å²) in [5, 5.41) is 0.946. The number of thioether (sulfide) groups is 1.